The zero-order valence-electron chi connectivity index (χ0n) is 17.8. The highest BCUT2D eigenvalue weighted by atomic mass is 16.6. The van der Waals surface area contributed by atoms with Gasteiger partial charge < -0.3 is 30.7 Å². The molecule has 2 fully saturated rings. The number of benzene rings is 1. The molecule has 33 heavy (non-hydrogen) atoms. The van der Waals surface area contributed by atoms with E-state index in [2.05, 4.69) is 10.6 Å². The molecule has 1 aromatic carbocycles. The Morgan fingerprint density at radius 3 is 2.64 bits per heavy atom. The van der Waals surface area contributed by atoms with Gasteiger partial charge in [0.2, 0.25) is 11.6 Å². The lowest BCUT2D eigenvalue weighted by Crippen LogP contribution is -2.55. The number of amides is 1. The van der Waals surface area contributed by atoms with Crippen molar-refractivity contribution in [3.63, 3.8) is 0 Å². The minimum absolute atomic E-state index is 0.0596. The Morgan fingerprint density at radius 2 is 2.03 bits per heavy atom. The molecule has 172 valence electrons. The number of carbonyl (C=O) groups is 3. The number of non-ortho nitro benzene ring substituents is 1. The number of nitrogens with one attached hydrogen (secondary N) is 2. The number of piperazine rings is 1. The van der Waals surface area contributed by atoms with Gasteiger partial charge in [0.1, 0.15) is 6.61 Å². The summed E-state index contributed by atoms with van der Waals surface area (Å²) in [5.41, 5.74) is 5.16. The molecule has 12 heteroatoms. The zero-order chi connectivity index (χ0) is 23.7. The van der Waals surface area contributed by atoms with Crippen molar-refractivity contribution in [3.8, 4) is 0 Å². The topological polar surface area (TPSA) is 176 Å². The summed E-state index contributed by atoms with van der Waals surface area (Å²) in [5, 5.41) is 17.1. The Bertz CT molecular complexity index is 1170. The summed E-state index contributed by atoms with van der Waals surface area (Å²) in [7, 11) is 1.50. The quantitative estimate of drug-likeness (QED) is 0.236. The van der Waals surface area contributed by atoms with Crippen LogP contribution >= 0.6 is 0 Å². The number of Topliss-reactive ketones (excluding diaryl/α,β-unsaturated/α-hetero) is 2. The third-order valence-corrected chi connectivity index (χ3v) is 6.78. The second kappa shape index (κ2) is 7.12. The van der Waals surface area contributed by atoms with Crippen LogP contribution in [0.25, 0.3) is 0 Å². The Labute approximate surface area is 187 Å². The number of hydrogen-bond acceptors (Lipinski definition) is 10. The van der Waals surface area contributed by atoms with E-state index in [9.17, 15) is 24.5 Å². The molecule has 1 aromatic rings. The van der Waals surface area contributed by atoms with Crippen LogP contribution in [0.1, 0.15) is 6.92 Å². The molecule has 4 N–H and O–H groups in total. The van der Waals surface area contributed by atoms with Crippen LogP contribution in [0.2, 0.25) is 0 Å². The van der Waals surface area contributed by atoms with E-state index in [0.29, 0.717) is 12.2 Å². The fourth-order valence-corrected chi connectivity index (χ4v) is 5.25. The van der Waals surface area contributed by atoms with Crippen molar-refractivity contribution in [1.29, 1.82) is 0 Å². The largest absolute Gasteiger partial charge is 0.449 e. The van der Waals surface area contributed by atoms with Gasteiger partial charge >= 0.3 is 6.09 Å². The van der Waals surface area contributed by atoms with Gasteiger partial charge in [-0.2, -0.15) is 0 Å². The van der Waals surface area contributed by atoms with E-state index < -0.39 is 28.4 Å². The number of ketones is 2. The Kier molecular flexibility index (Phi) is 4.55. The molecule has 0 radical (unpaired) electrons. The molecule has 4 aliphatic rings. The normalized spacial score (nSPS) is 29.6. The summed E-state index contributed by atoms with van der Waals surface area (Å²) in [6.07, 6.45) is -0.995. The van der Waals surface area contributed by atoms with E-state index in [1.54, 1.807) is 11.8 Å². The molecule has 0 unspecified atom stereocenters. The lowest BCUT2D eigenvalue weighted by atomic mass is 9.82. The molecule has 0 aromatic heterocycles. The number of ether oxygens (including phenoxy) is 2. The molecule has 12 nitrogen and oxygen atoms in total. The van der Waals surface area contributed by atoms with Crippen LogP contribution in [-0.4, -0.2) is 65.6 Å². The molecule has 4 atom stereocenters. The van der Waals surface area contributed by atoms with Gasteiger partial charge in [-0.05, 0) is 19.1 Å². The summed E-state index contributed by atoms with van der Waals surface area (Å²) < 4.78 is 11.0. The van der Waals surface area contributed by atoms with Crippen LogP contribution in [0.5, 0.6) is 0 Å². The molecule has 0 spiro atoms. The van der Waals surface area contributed by atoms with Crippen LogP contribution in [0, 0.1) is 16.0 Å². The average molecular weight is 455 g/mol. The molecule has 1 aliphatic carbocycles. The number of primary amides is 1. The first-order valence-electron chi connectivity index (χ1n) is 10.3. The summed E-state index contributed by atoms with van der Waals surface area (Å²) in [5.74, 6) is -1.51. The average Bonchev–Trinajstić information content (AvgIpc) is 3.40. The van der Waals surface area contributed by atoms with E-state index in [1.807, 2.05) is 0 Å². The van der Waals surface area contributed by atoms with Crippen LogP contribution in [-0.2, 0) is 19.1 Å². The second-order valence-electron chi connectivity index (χ2n) is 8.35. The molecule has 2 saturated heterocycles. The van der Waals surface area contributed by atoms with Crippen molar-refractivity contribution in [2.24, 2.45) is 11.7 Å². The molecule has 1 amide bonds. The predicted molar refractivity (Wildman–Crippen MR) is 113 cm³/mol. The van der Waals surface area contributed by atoms with Crippen molar-refractivity contribution in [2.45, 2.75) is 24.7 Å². The maximum absolute atomic E-state index is 13.7. The number of nitro groups is 1. The minimum Gasteiger partial charge on any atom is -0.449 e. The van der Waals surface area contributed by atoms with E-state index in [1.165, 1.54) is 31.4 Å². The number of carbonyl (C=O) groups excluding carboxylic acids is 3. The van der Waals surface area contributed by atoms with Gasteiger partial charge in [-0.1, -0.05) is 0 Å². The number of nitrogens with zero attached hydrogens (tertiary/aromatic N) is 2. The summed E-state index contributed by atoms with van der Waals surface area (Å²) in [6, 6.07) is 5.47. The van der Waals surface area contributed by atoms with Gasteiger partial charge in [-0.15, -0.1) is 0 Å². The van der Waals surface area contributed by atoms with E-state index in [0.717, 1.165) is 0 Å². The molecule has 5 rings (SSSR count). The molecular weight excluding hydrogens is 434 g/mol. The van der Waals surface area contributed by atoms with E-state index in [4.69, 9.17) is 15.2 Å². The SMILES string of the molecule is CO[C@@]12[C@H](COC(N)=O)C3=C(C(=O)C(C)=C(Nc4ccc([N+](=O)[O-])cc4)C3=O)N1C[C@@H]1N[C@@H]12. The lowest BCUT2D eigenvalue weighted by Gasteiger charge is -2.39. The van der Waals surface area contributed by atoms with Crippen molar-refractivity contribution in [3.05, 3.63) is 56.9 Å². The third kappa shape index (κ3) is 2.87. The van der Waals surface area contributed by atoms with Gasteiger partial charge in [0.15, 0.2) is 5.72 Å². The lowest BCUT2D eigenvalue weighted by molar-refractivity contribution is -0.384. The molecule has 0 bridgehead atoms. The van der Waals surface area contributed by atoms with E-state index >= 15 is 0 Å². The summed E-state index contributed by atoms with van der Waals surface area (Å²) in [6.45, 7) is 1.79. The molecule has 0 saturated carbocycles. The Balaban J connectivity index is 1.53. The van der Waals surface area contributed by atoms with Crippen LogP contribution in [0.3, 0.4) is 0 Å². The van der Waals surface area contributed by atoms with Gasteiger partial charge in [0.05, 0.1) is 28.3 Å². The van der Waals surface area contributed by atoms with Crippen molar-refractivity contribution >= 4 is 29.0 Å². The maximum Gasteiger partial charge on any atom is 0.404 e. The zero-order valence-corrected chi connectivity index (χ0v) is 17.8. The number of nitro benzene ring substituents is 1. The summed E-state index contributed by atoms with van der Waals surface area (Å²) >= 11 is 0. The minimum atomic E-state index is -1.06. The van der Waals surface area contributed by atoms with Gasteiger partial charge in [0, 0.05) is 48.7 Å². The second-order valence-corrected chi connectivity index (χ2v) is 8.35. The first-order valence-corrected chi connectivity index (χ1v) is 10.3. The summed E-state index contributed by atoms with van der Waals surface area (Å²) in [4.78, 5) is 50.7. The van der Waals surface area contributed by atoms with Crippen molar-refractivity contribution < 1.29 is 28.8 Å². The monoisotopic (exact) mass is 455 g/mol. The number of methoxy groups -OCH3 is 1. The van der Waals surface area contributed by atoms with Gasteiger partial charge in [-0.25, -0.2) is 4.79 Å². The molecule has 3 aliphatic heterocycles. The number of allylic oxidation sites excluding steroid dienone is 2. The number of fused-ring (bicyclic) bond motifs is 4. The first-order chi connectivity index (χ1) is 15.7. The standard InChI is InChI=1S/C21H21N5O7/c1-9-15(23-10-3-5-11(6-4-10)26(30)31)18(28)14-12(8-33-20(22)29)21(32-2)19-13(24-19)7-25(21)16(14)17(9)27/h3-6,12-13,19,23-24H,7-8H2,1-2H3,(H2,22,29)/t12-,13+,19+,21-/m1/s1. The smallest absolute Gasteiger partial charge is 0.404 e. The predicted octanol–water partition coefficient (Wildman–Crippen LogP) is 0.410. The van der Waals surface area contributed by atoms with Crippen LogP contribution in [0.15, 0.2) is 46.8 Å². The fourth-order valence-electron chi connectivity index (χ4n) is 5.25. The highest BCUT2D eigenvalue weighted by molar-refractivity contribution is 6.26. The number of nitrogens with two attached hydrogens (primary N) is 1. The number of anilines is 1. The first kappa shape index (κ1) is 21.1. The number of rotatable bonds is 6. The van der Waals surface area contributed by atoms with Crippen LogP contribution in [0.4, 0.5) is 16.2 Å². The highest BCUT2D eigenvalue weighted by Crippen LogP contribution is 2.55. The maximum atomic E-state index is 13.7. The number of hydrogen-bond donors (Lipinski definition) is 3. The fraction of sp³-hybridized carbons (Fsp3) is 0.381. The van der Waals surface area contributed by atoms with Crippen molar-refractivity contribution in [1.82, 2.24) is 10.2 Å². The third-order valence-electron chi connectivity index (χ3n) is 6.78. The van der Waals surface area contributed by atoms with E-state index in [-0.39, 0.29) is 52.7 Å². The van der Waals surface area contributed by atoms with Gasteiger partial charge in [-0.3, -0.25) is 19.7 Å². The highest BCUT2D eigenvalue weighted by Gasteiger charge is 2.72. The van der Waals surface area contributed by atoms with Crippen molar-refractivity contribution in [2.75, 3.05) is 25.6 Å². The Hall–Kier alpha value is -3.77. The van der Waals surface area contributed by atoms with Gasteiger partial charge in [0.25, 0.3) is 5.69 Å². The molecular formula is C21H21N5O7. The van der Waals surface area contributed by atoms with Crippen LogP contribution < -0.4 is 16.4 Å². The molecule has 3 heterocycles. The Morgan fingerprint density at radius 1 is 1.33 bits per heavy atom.